The second-order valence-corrected chi connectivity index (χ2v) is 7.24. The van der Waals surface area contributed by atoms with E-state index >= 15 is 0 Å². The van der Waals surface area contributed by atoms with Crippen LogP contribution in [-0.4, -0.2) is 36.6 Å². The topological polar surface area (TPSA) is 15.3 Å². The number of halogens is 1. The first kappa shape index (κ1) is 17.0. The number of rotatable bonds is 8. The molecule has 0 bridgehead atoms. The number of unbranched alkanes of at least 4 members (excludes halogenated alkanes) is 1. The van der Waals surface area contributed by atoms with Gasteiger partial charge in [0.15, 0.2) is 0 Å². The van der Waals surface area contributed by atoms with E-state index in [1.807, 2.05) is 0 Å². The van der Waals surface area contributed by atoms with Crippen molar-refractivity contribution in [2.75, 3.05) is 19.6 Å². The molecule has 118 valence electrons. The lowest BCUT2D eigenvalue weighted by atomic mass is 10.0. The van der Waals surface area contributed by atoms with Crippen LogP contribution in [0.25, 0.3) is 0 Å². The maximum Gasteiger partial charge on any atom is 0.0195 e. The molecule has 21 heavy (non-hydrogen) atoms. The van der Waals surface area contributed by atoms with Gasteiger partial charge in [-0.1, -0.05) is 41.4 Å². The number of hydrogen-bond acceptors (Lipinski definition) is 2. The van der Waals surface area contributed by atoms with Crippen molar-refractivity contribution < 1.29 is 0 Å². The first-order chi connectivity index (χ1) is 10.2. The summed E-state index contributed by atoms with van der Waals surface area (Å²) in [6.07, 6.45) is 6.40. The lowest BCUT2D eigenvalue weighted by Crippen LogP contribution is -2.43. The molecule has 1 aliphatic heterocycles. The van der Waals surface area contributed by atoms with Crippen molar-refractivity contribution in [2.24, 2.45) is 0 Å². The van der Waals surface area contributed by atoms with Crippen LogP contribution >= 0.6 is 15.9 Å². The summed E-state index contributed by atoms with van der Waals surface area (Å²) in [5.41, 5.74) is 1.44. The van der Waals surface area contributed by atoms with Gasteiger partial charge in [-0.3, -0.25) is 4.90 Å². The molecule has 0 saturated carbocycles. The fraction of sp³-hybridized carbons (Fsp3) is 0.667. The van der Waals surface area contributed by atoms with E-state index in [2.05, 4.69) is 64.3 Å². The quantitative estimate of drug-likeness (QED) is 0.752. The van der Waals surface area contributed by atoms with Gasteiger partial charge in [0.05, 0.1) is 0 Å². The van der Waals surface area contributed by atoms with Gasteiger partial charge < -0.3 is 5.32 Å². The summed E-state index contributed by atoms with van der Waals surface area (Å²) in [4.78, 5) is 2.69. The van der Waals surface area contributed by atoms with Crippen LogP contribution in [0.5, 0.6) is 0 Å². The van der Waals surface area contributed by atoms with Crippen LogP contribution in [0.2, 0.25) is 0 Å². The van der Waals surface area contributed by atoms with Crippen molar-refractivity contribution in [3.05, 3.63) is 34.3 Å². The third-order valence-electron chi connectivity index (χ3n) is 4.48. The van der Waals surface area contributed by atoms with Crippen LogP contribution in [0.15, 0.2) is 28.7 Å². The largest absolute Gasteiger partial charge is 0.313 e. The molecule has 1 aromatic carbocycles. The van der Waals surface area contributed by atoms with Crippen LogP contribution in [0, 0.1) is 0 Å². The molecule has 2 rings (SSSR count). The molecule has 1 aliphatic rings. The van der Waals surface area contributed by atoms with Gasteiger partial charge in [0.25, 0.3) is 0 Å². The predicted octanol–water partition coefficient (Wildman–Crippen LogP) is 4.23. The molecule has 0 spiro atoms. The van der Waals surface area contributed by atoms with Crippen molar-refractivity contribution in [1.82, 2.24) is 10.2 Å². The highest BCUT2D eigenvalue weighted by Gasteiger charge is 2.21. The Kier molecular flexibility index (Phi) is 7.21. The zero-order valence-corrected chi connectivity index (χ0v) is 15.0. The van der Waals surface area contributed by atoms with Crippen LogP contribution in [0.3, 0.4) is 0 Å². The molecule has 2 atom stereocenters. The molecule has 2 unspecified atom stereocenters. The third kappa shape index (κ3) is 5.72. The number of benzene rings is 1. The lowest BCUT2D eigenvalue weighted by molar-refractivity contribution is 0.187. The van der Waals surface area contributed by atoms with E-state index in [0.29, 0.717) is 12.1 Å². The molecule has 1 heterocycles. The second kappa shape index (κ2) is 8.92. The summed E-state index contributed by atoms with van der Waals surface area (Å²) in [7, 11) is 0. The van der Waals surface area contributed by atoms with E-state index in [9.17, 15) is 0 Å². The van der Waals surface area contributed by atoms with Crippen molar-refractivity contribution in [3.63, 3.8) is 0 Å². The summed E-state index contributed by atoms with van der Waals surface area (Å²) >= 11 is 3.51. The van der Waals surface area contributed by atoms with E-state index in [0.717, 1.165) is 10.9 Å². The van der Waals surface area contributed by atoms with E-state index < -0.39 is 0 Å². The van der Waals surface area contributed by atoms with Gasteiger partial charge in [0.1, 0.15) is 0 Å². The molecule has 0 aromatic heterocycles. The Morgan fingerprint density at radius 1 is 1.33 bits per heavy atom. The van der Waals surface area contributed by atoms with Crippen LogP contribution < -0.4 is 5.32 Å². The van der Waals surface area contributed by atoms with Gasteiger partial charge in [-0.05, 0) is 63.4 Å². The first-order valence-corrected chi connectivity index (χ1v) is 9.20. The van der Waals surface area contributed by atoms with Gasteiger partial charge in [0, 0.05) is 23.1 Å². The summed E-state index contributed by atoms with van der Waals surface area (Å²) in [6, 6.07) is 10.1. The molecule has 3 heteroatoms. The molecule has 1 aromatic rings. The van der Waals surface area contributed by atoms with E-state index in [1.165, 1.54) is 50.9 Å². The Morgan fingerprint density at radius 3 is 2.71 bits per heavy atom. The Balaban J connectivity index is 1.91. The fourth-order valence-electron chi connectivity index (χ4n) is 3.14. The number of nitrogens with one attached hydrogen (secondary N) is 1. The maximum absolute atomic E-state index is 3.64. The number of hydrogen-bond donors (Lipinski definition) is 1. The average molecular weight is 353 g/mol. The standard InChI is InChI=1S/C18H29BrN2/c1-3-4-12-21(14-18-6-5-11-20-18)15(2)13-16-7-9-17(19)10-8-16/h7-10,15,18,20H,3-6,11-14H2,1-2H3. The normalized spacial score (nSPS) is 20.1. The molecular weight excluding hydrogens is 324 g/mol. The van der Waals surface area contributed by atoms with E-state index in [-0.39, 0.29) is 0 Å². The lowest BCUT2D eigenvalue weighted by Gasteiger charge is -2.31. The molecule has 0 aliphatic carbocycles. The van der Waals surface area contributed by atoms with Gasteiger partial charge in [-0.25, -0.2) is 0 Å². The fourth-order valence-corrected chi connectivity index (χ4v) is 3.40. The minimum absolute atomic E-state index is 0.611. The van der Waals surface area contributed by atoms with Gasteiger partial charge >= 0.3 is 0 Å². The Labute approximate surface area is 138 Å². The molecule has 0 amide bonds. The van der Waals surface area contributed by atoms with E-state index in [1.54, 1.807) is 0 Å². The van der Waals surface area contributed by atoms with Crippen molar-refractivity contribution >= 4 is 15.9 Å². The third-order valence-corrected chi connectivity index (χ3v) is 5.01. The smallest absolute Gasteiger partial charge is 0.0195 e. The zero-order valence-electron chi connectivity index (χ0n) is 13.4. The summed E-state index contributed by atoms with van der Waals surface area (Å²) < 4.78 is 1.16. The molecule has 1 saturated heterocycles. The van der Waals surface area contributed by atoms with Crippen molar-refractivity contribution in [1.29, 1.82) is 0 Å². The Bertz CT molecular complexity index is 398. The van der Waals surface area contributed by atoms with E-state index in [4.69, 9.17) is 0 Å². The summed E-state index contributed by atoms with van der Waals surface area (Å²) in [5, 5.41) is 3.64. The predicted molar refractivity (Wildman–Crippen MR) is 94.8 cm³/mol. The number of nitrogens with zero attached hydrogens (tertiary/aromatic N) is 1. The molecule has 0 radical (unpaired) electrons. The SMILES string of the molecule is CCCCN(CC1CCCN1)C(C)Cc1ccc(Br)cc1. The minimum Gasteiger partial charge on any atom is -0.313 e. The second-order valence-electron chi connectivity index (χ2n) is 6.32. The first-order valence-electron chi connectivity index (χ1n) is 8.41. The van der Waals surface area contributed by atoms with Gasteiger partial charge in [-0.2, -0.15) is 0 Å². The van der Waals surface area contributed by atoms with Crippen molar-refractivity contribution in [2.45, 2.75) is 58.0 Å². The van der Waals surface area contributed by atoms with Crippen LogP contribution in [0.1, 0.15) is 45.1 Å². The van der Waals surface area contributed by atoms with Gasteiger partial charge in [-0.15, -0.1) is 0 Å². The molecule has 1 N–H and O–H groups in total. The van der Waals surface area contributed by atoms with Crippen LogP contribution in [0.4, 0.5) is 0 Å². The Morgan fingerprint density at radius 2 is 2.10 bits per heavy atom. The Hall–Kier alpha value is -0.380. The highest BCUT2D eigenvalue weighted by molar-refractivity contribution is 9.10. The monoisotopic (exact) mass is 352 g/mol. The summed E-state index contributed by atoms with van der Waals surface area (Å²) in [5.74, 6) is 0. The molecule has 2 nitrogen and oxygen atoms in total. The summed E-state index contributed by atoms with van der Waals surface area (Å²) in [6.45, 7) is 8.30. The molecular formula is C18H29BrN2. The maximum atomic E-state index is 3.64. The van der Waals surface area contributed by atoms with Crippen LogP contribution in [-0.2, 0) is 6.42 Å². The minimum atomic E-state index is 0.611. The zero-order chi connectivity index (χ0) is 15.1. The average Bonchev–Trinajstić information content (AvgIpc) is 2.98. The highest BCUT2D eigenvalue weighted by Crippen LogP contribution is 2.16. The molecule has 1 fully saturated rings. The van der Waals surface area contributed by atoms with Crippen molar-refractivity contribution in [3.8, 4) is 0 Å². The highest BCUT2D eigenvalue weighted by atomic mass is 79.9. The van der Waals surface area contributed by atoms with Gasteiger partial charge in [0.2, 0.25) is 0 Å².